The Balaban J connectivity index is 2.18. The van der Waals surface area contributed by atoms with Gasteiger partial charge in [0.1, 0.15) is 11.4 Å². The number of aromatic nitrogens is 2. The van der Waals surface area contributed by atoms with Crippen molar-refractivity contribution in [3.63, 3.8) is 0 Å². The number of aryl methyl sites for hydroxylation is 1. The molecule has 2 N–H and O–H groups in total. The third-order valence-corrected chi connectivity index (χ3v) is 3.40. The van der Waals surface area contributed by atoms with Gasteiger partial charge >= 0.3 is 5.97 Å². The van der Waals surface area contributed by atoms with Crippen LogP contribution >= 0.6 is 0 Å². The Bertz CT molecular complexity index is 799. The number of nitrogens with one attached hydrogen (secondary N) is 1. The van der Waals surface area contributed by atoms with Crippen molar-refractivity contribution >= 4 is 16.9 Å². The maximum absolute atomic E-state index is 10.9. The Kier molecular flexibility index (Phi) is 2.75. The normalized spacial score (nSPS) is 10.9. The van der Waals surface area contributed by atoms with Crippen molar-refractivity contribution in [2.24, 2.45) is 7.05 Å². The molecular formula is C15H14N2O3. The lowest BCUT2D eigenvalue weighted by molar-refractivity contribution is 0.0691. The monoisotopic (exact) mass is 270 g/mol. The van der Waals surface area contributed by atoms with Gasteiger partial charge in [-0.25, -0.2) is 4.79 Å². The molecule has 0 bridgehead atoms. The van der Waals surface area contributed by atoms with Gasteiger partial charge in [0.15, 0.2) is 0 Å². The van der Waals surface area contributed by atoms with E-state index >= 15 is 0 Å². The number of carbonyl (C=O) groups is 1. The van der Waals surface area contributed by atoms with E-state index in [4.69, 9.17) is 9.84 Å². The number of aromatic carboxylic acids is 1. The number of H-pyrrole nitrogens is 1. The molecule has 0 aliphatic rings. The van der Waals surface area contributed by atoms with Gasteiger partial charge in [0, 0.05) is 36.0 Å². The molecule has 20 heavy (non-hydrogen) atoms. The van der Waals surface area contributed by atoms with Gasteiger partial charge < -0.3 is 19.4 Å². The van der Waals surface area contributed by atoms with Crippen LogP contribution in [-0.4, -0.2) is 27.7 Å². The van der Waals surface area contributed by atoms with Gasteiger partial charge in [0.05, 0.1) is 12.6 Å². The lowest BCUT2D eigenvalue weighted by Gasteiger charge is -2.01. The standard InChI is InChI=1S/C15H14N2O3/c1-17-8-11(12-5-6-13(16-12)15(18)19)10-4-3-9(20-2)7-14(10)17/h3-8,16H,1-2H3,(H,18,19). The molecule has 5 nitrogen and oxygen atoms in total. The smallest absolute Gasteiger partial charge is 0.352 e. The van der Waals surface area contributed by atoms with E-state index in [2.05, 4.69) is 4.98 Å². The van der Waals surface area contributed by atoms with E-state index in [0.29, 0.717) is 0 Å². The fourth-order valence-electron chi connectivity index (χ4n) is 2.38. The number of rotatable bonds is 3. The number of benzene rings is 1. The molecule has 0 radical (unpaired) electrons. The first-order valence-electron chi connectivity index (χ1n) is 6.16. The first-order valence-corrected chi connectivity index (χ1v) is 6.16. The first-order chi connectivity index (χ1) is 9.60. The minimum atomic E-state index is -0.960. The van der Waals surface area contributed by atoms with Gasteiger partial charge in [0.25, 0.3) is 0 Å². The maximum Gasteiger partial charge on any atom is 0.352 e. The van der Waals surface area contributed by atoms with Gasteiger partial charge in [-0.05, 0) is 24.3 Å². The fourth-order valence-corrected chi connectivity index (χ4v) is 2.38. The van der Waals surface area contributed by atoms with Crippen molar-refractivity contribution < 1.29 is 14.6 Å². The predicted molar refractivity (Wildman–Crippen MR) is 76.2 cm³/mol. The van der Waals surface area contributed by atoms with Crippen LogP contribution in [0.3, 0.4) is 0 Å². The van der Waals surface area contributed by atoms with Crippen LogP contribution in [0.15, 0.2) is 36.5 Å². The highest BCUT2D eigenvalue weighted by Gasteiger charge is 2.13. The zero-order valence-electron chi connectivity index (χ0n) is 11.2. The summed E-state index contributed by atoms with van der Waals surface area (Å²) in [7, 11) is 3.58. The van der Waals surface area contributed by atoms with Gasteiger partial charge in [-0.15, -0.1) is 0 Å². The molecule has 0 saturated heterocycles. The van der Waals surface area contributed by atoms with Crippen LogP contribution in [0.25, 0.3) is 22.2 Å². The number of hydrogen-bond acceptors (Lipinski definition) is 2. The van der Waals surface area contributed by atoms with Crippen molar-refractivity contribution in [3.05, 3.63) is 42.2 Å². The third kappa shape index (κ3) is 1.84. The molecule has 3 rings (SSSR count). The highest BCUT2D eigenvalue weighted by Crippen LogP contribution is 2.31. The number of carboxylic acid groups (broad SMARTS) is 1. The molecule has 0 aliphatic carbocycles. The maximum atomic E-state index is 10.9. The van der Waals surface area contributed by atoms with Crippen LogP contribution in [-0.2, 0) is 7.05 Å². The van der Waals surface area contributed by atoms with Gasteiger partial charge in [-0.1, -0.05) is 0 Å². The molecule has 2 aromatic heterocycles. The molecule has 0 unspecified atom stereocenters. The summed E-state index contributed by atoms with van der Waals surface area (Å²) >= 11 is 0. The molecule has 0 saturated carbocycles. The number of carboxylic acids is 1. The van der Waals surface area contributed by atoms with Crippen molar-refractivity contribution in [3.8, 4) is 17.0 Å². The van der Waals surface area contributed by atoms with Gasteiger partial charge in [0.2, 0.25) is 0 Å². The number of hydrogen-bond donors (Lipinski definition) is 2. The Hall–Kier alpha value is -2.69. The zero-order chi connectivity index (χ0) is 14.3. The van der Waals surface area contributed by atoms with Crippen LogP contribution in [0.1, 0.15) is 10.5 Å². The van der Waals surface area contributed by atoms with Crippen molar-refractivity contribution in [1.82, 2.24) is 9.55 Å². The highest BCUT2D eigenvalue weighted by atomic mass is 16.5. The Morgan fingerprint density at radius 3 is 2.75 bits per heavy atom. The lowest BCUT2D eigenvalue weighted by Crippen LogP contribution is -1.95. The summed E-state index contributed by atoms with van der Waals surface area (Å²) in [4.78, 5) is 13.9. The molecule has 102 valence electrons. The van der Waals surface area contributed by atoms with E-state index < -0.39 is 5.97 Å². The summed E-state index contributed by atoms with van der Waals surface area (Å²) in [5, 5.41) is 10.0. The van der Waals surface area contributed by atoms with Crippen LogP contribution in [0.5, 0.6) is 5.75 Å². The van der Waals surface area contributed by atoms with E-state index in [0.717, 1.165) is 27.9 Å². The molecule has 0 amide bonds. The number of ether oxygens (including phenoxy) is 1. The molecule has 3 aromatic rings. The number of nitrogens with zero attached hydrogens (tertiary/aromatic N) is 1. The van der Waals surface area contributed by atoms with E-state index in [1.165, 1.54) is 0 Å². The largest absolute Gasteiger partial charge is 0.497 e. The number of methoxy groups -OCH3 is 1. The predicted octanol–water partition coefficient (Wildman–Crippen LogP) is 2.88. The third-order valence-electron chi connectivity index (χ3n) is 3.40. The van der Waals surface area contributed by atoms with Crippen LogP contribution in [0.4, 0.5) is 0 Å². The minimum absolute atomic E-state index is 0.186. The molecule has 1 aromatic carbocycles. The topological polar surface area (TPSA) is 67.2 Å². The van der Waals surface area contributed by atoms with Crippen LogP contribution in [0, 0.1) is 0 Å². The van der Waals surface area contributed by atoms with E-state index in [-0.39, 0.29) is 5.69 Å². The highest BCUT2D eigenvalue weighted by molar-refractivity contribution is 5.97. The zero-order valence-corrected chi connectivity index (χ0v) is 11.2. The van der Waals surface area contributed by atoms with Crippen molar-refractivity contribution in [2.75, 3.05) is 7.11 Å². The van der Waals surface area contributed by atoms with Gasteiger partial charge in [-0.2, -0.15) is 0 Å². The summed E-state index contributed by atoms with van der Waals surface area (Å²) < 4.78 is 7.22. The summed E-state index contributed by atoms with van der Waals surface area (Å²) in [6.07, 6.45) is 1.97. The molecular weight excluding hydrogens is 256 g/mol. The number of aromatic amines is 1. The van der Waals surface area contributed by atoms with Crippen molar-refractivity contribution in [1.29, 1.82) is 0 Å². The SMILES string of the molecule is COc1ccc2c(-c3ccc(C(=O)O)[nH]3)cn(C)c2c1. The van der Waals surface area contributed by atoms with Crippen LogP contribution < -0.4 is 4.74 Å². The minimum Gasteiger partial charge on any atom is -0.497 e. The van der Waals surface area contributed by atoms with Crippen molar-refractivity contribution in [2.45, 2.75) is 0 Å². The molecule has 0 atom stereocenters. The van der Waals surface area contributed by atoms with Crippen LogP contribution in [0.2, 0.25) is 0 Å². The summed E-state index contributed by atoms with van der Waals surface area (Å²) in [6.45, 7) is 0. The second-order valence-corrected chi connectivity index (χ2v) is 4.63. The second kappa shape index (κ2) is 4.45. The van der Waals surface area contributed by atoms with E-state index in [9.17, 15) is 4.79 Å². The molecule has 2 heterocycles. The fraction of sp³-hybridized carbons (Fsp3) is 0.133. The molecule has 0 fully saturated rings. The molecule has 0 spiro atoms. The second-order valence-electron chi connectivity index (χ2n) is 4.63. The average Bonchev–Trinajstić information content (AvgIpc) is 3.04. The van der Waals surface area contributed by atoms with Gasteiger partial charge in [-0.3, -0.25) is 0 Å². The summed E-state index contributed by atoms with van der Waals surface area (Å²) in [5.41, 5.74) is 2.98. The van der Waals surface area contributed by atoms with E-state index in [1.54, 1.807) is 19.2 Å². The first kappa shape index (κ1) is 12.3. The number of fused-ring (bicyclic) bond motifs is 1. The molecule has 5 heteroatoms. The summed E-state index contributed by atoms with van der Waals surface area (Å²) in [5.74, 6) is -0.166. The van der Waals surface area contributed by atoms with E-state index in [1.807, 2.05) is 36.0 Å². The average molecular weight is 270 g/mol. The Morgan fingerprint density at radius 1 is 1.30 bits per heavy atom. The lowest BCUT2D eigenvalue weighted by atomic mass is 10.1. The molecule has 0 aliphatic heterocycles. The Labute approximate surface area is 115 Å². The summed E-state index contributed by atoms with van der Waals surface area (Å²) in [6, 6.07) is 9.18. The quantitative estimate of drug-likeness (QED) is 0.769. The Morgan fingerprint density at radius 2 is 2.10 bits per heavy atom.